The highest BCUT2D eigenvalue weighted by atomic mass is 15.1. The van der Waals surface area contributed by atoms with Gasteiger partial charge in [0.25, 0.3) is 0 Å². The van der Waals surface area contributed by atoms with Crippen molar-refractivity contribution in [1.29, 1.82) is 0 Å². The summed E-state index contributed by atoms with van der Waals surface area (Å²) in [6.07, 6.45) is 3.30. The molecular formula is C22H21N2+. The number of para-hydroxylation sites is 2. The Morgan fingerprint density at radius 1 is 0.667 bits per heavy atom. The summed E-state index contributed by atoms with van der Waals surface area (Å²) in [7, 11) is 0. The van der Waals surface area contributed by atoms with E-state index >= 15 is 0 Å². The van der Waals surface area contributed by atoms with Gasteiger partial charge in [0.2, 0.25) is 6.33 Å². The Labute approximate surface area is 142 Å². The second kappa shape index (κ2) is 6.71. The van der Waals surface area contributed by atoms with E-state index in [1.165, 1.54) is 22.2 Å². The van der Waals surface area contributed by atoms with E-state index in [9.17, 15) is 0 Å². The molecule has 2 nitrogen and oxygen atoms in total. The summed E-state index contributed by atoms with van der Waals surface area (Å²) < 4.78 is 4.71. The number of benzene rings is 3. The lowest BCUT2D eigenvalue weighted by molar-refractivity contribution is -0.663. The molecular weight excluding hydrogens is 292 g/mol. The van der Waals surface area contributed by atoms with Crippen molar-refractivity contribution in [2.75, 3.05) is 0 Å². The number of fused-ring (bicyclic) bond motifs is 1. The maximum absolute atomic E-state index is 2.37. The minimum atomic E-state index is 0.902. The van der Waals surface area contributed by atoms with Gasteiger partial charge in [0.1, 0.15) is 6.54 Å². The predicted molar refractivity (Wildman–Crippen MR) is 97.8 cm³/mol. The standard InChI is InChI=1S/C22H21N2/c1-3-9-19(10-4-1)15-16-23-18-24(17-20-11-5-2-6-12-20)22-14-8-7-13-21(22)23/h1-14,18H,15-17H2/q+1. The number of hydrogen-bond acceptors (Lipinski definition) is 0. The number of aryl methyl sites for hydroxylation is 2. The minimum absolute atomic E-state index is 0.902. The highest BCUT2D eigenvalue weighted by molar-refractivity contribution is 5.71. The predicted octanol–water partition coefficient (Wildman–Crippen LogP) is 4.22. The second-order valence-electron chi connectivity index (χ2n) is 6.15. The van der Waals surface area contributed by atoms with E-state index in [4.69, 9.17) is 0 Å². The van der Waals surface area contributed by atoms with Crippen LogP contribution in [0.5, 0.6) is 0 Å². The number of imidazole rings is 1. The Bertz CT molecular complexity index is 924. The van der Waals surface area contributed by atoms with Crippen LogP contribution in [0.1, 0.15) is 11.1 Å². The minimum Gasteiger partial charge on any atom is -0.230 e. The first kappa shape index (κ1) is 14.7. The molecule has 24 heavy (non-hydrogen) atoms. The van der Waals surface area contributed by atoms with E-state index < -0.39 is 0 Å². The van der Waals surface area contributed by atoms with Crippen molar-refractivity contribution in [2.45, 2.75) is 19.5 Å². The molecule has 4 rings (SSSR count). The molecule has 0 aliphatic rings. The van der Waals surface area contributed by atoms with Crippen molar-refractivity contribution in [3.8, 4) is 0 Å². The van der Waals surface area contributed by atoms with Gasteiger partial charge in [0.05, 0.1) is 6.54 Å². The molecule has 1 heterocycles. The topological polar surface area (TPSA) is 8.81 Å². The summed E-state index contributed by atoms with van der Waals surface area (Å²) in [6.45, 7) is 1.89. The van der Waals surface area contributed by atoms with Gasteiger partial charge in [0.15, 0.2) is 11.0 Å². The highest BCUT2D eigenvalue weighted by Crippen LogP contribution is 2.13. The number of rotatable bonds is 5. The number of nitrogens with zero attached hydrogens (tertiary/aromatic N) is 2. The van der Waals surface area contributed by atoms with Gasteiger partial charge in [-0.25, -0.2) is 9.13 Å². The molecule has 0 fully saturated rings. The molecule has 0 amide bonds. The molecule has 0 spiro atoms. The van der Waals surface area contributed by atoms with Crippen LogP contribution in [-0.4, -0.2) is 4.57 Å². The first-order chi connectivity index (χ1) is 11.9. The van der Waals surface area contributed by atoms with E-state index in [0.717, 1.165) is 19.5 Å². The smallest absolute Gasteiger partial charge is 0.230 e. The van der Waals surface area contributed by atoms with E-state index in [0.29, 0.717) is 0 Å². The maximum Gasteiger partial charge on any atom is 0.245 e. The Kier molecular flexibility index (Phi) is 4.11. The fourth-order valence-electron chi connectivity index (χ4n) is 3.22. The van der Waals surface area contributed by atoms with Crippen molar-refractivity contribution >= 4 is 11.0 Å². The lowest BCUT2D eigenvalue weighted by Gasteiger charge is -1.99. The van der Waals surface area contributed by atoms with Crippen LogP contribution in [0.15, 0.2) is 91.3 Å². The van der Waals surface area contributed by atoms with Crippen molar-refractivity contribution in [2.24, 2.45) is 0 Å². The van der Waals surface area contributed by atoms with Crippen LogP contribution < -0.4 is 4.57 Å². The molecule has 4 aromatic rings. The zero-order valence-corrected chi connectivity index (χ0v) is 13.7. The molecule has 0 saturated carbocycles. The summed E-state index contributed by atoms with van der Waals surface area (Å²) in [5.74, 6) is 0. The average Bonchev–Trinajstić information content (AvgIpc) is 3.00. The highest BCUT2D eigenvalue weighted by Gasteiger charge is 2.15. The summed E-state index contributed by atoms with van der Waals surface area (Å²) in [6, 6.07) is 30.0. The third-order valence-corrected chi connectivity index (χ3v) is 4.46. The maximum atomic E-state index is 2.37. The largest absolute Gasteiger partial charge is 0.245 e. The second-order valence-corrected chi connectivity index (χ2v) is 6.15. The molecule has 118 valence electrons. The zero-order chi connectivity index (χ0) is 16.2. The zero-order valence-electron chi connectivity index (χ0n) is 13.7. The van der Waals surface area contributed by atoms with Gasteiger partial charge < -0.3 is 0 Å². The summed E-state index contributed by atoms with van der Waals surface area (Å²) in [5, 5.41) is 0. The van der Waals surface area contributed by atoms with Crippen LogP contribution in [0.25, 0.3) is 11.0 Å². The van der Waals surface area contributed by atoms with Crippen LogP contribution in [0, 0.1) is 0 Å². The first-order valence-corrected chi connectivity index (χ1v) is 8.45. The summed E-state index contributed by atoms with van der Waals surface area (Å²) in [4.78, 5) is 0. The monoisotopic (exact) mass is 313 g/mol. The molecule has 0 bridgehead atoms. The number of hydrogen-bond donors (Lipinski definition) is 0. The van der Waals surface area contributed by atoms with Crippen LogP contribution in [0.3, 0.4) is 0 Å². The number of aromatic nitrogens is 2. The third kappa shape index (κ3) is 3.09. The molecule has 2 heteroatoms. The van der Waals surface area contributed by atoms with Gasteiger partial charge in [-0.15, -0.1) is 0 Å². The molecule has 0 radical (unpaired) electrons. The fraction of sp³-hybridized carbons (Fsp3) is 0.136. The van der Waals surface area contributed by atoms with Crippen LogP contribution in [0.4, 0.5) is 0 Å². The summed E-state index contributed by atoms with van der Waals surface area (Å²) >= 11 is 0. The first-order valence-electron chi connectivity index (χ1n) is 8.45. The quantitative estimate of drug-likeness (QED) is 0.488. The van der Waals surface area contributed by atoms with Gasteiger partial charge in [-0.2, -0.15) is 0 Å². The van der Waals surface area contributed by atoms with Crippen molar-refractivity contribution < 1.29 is 4.57 Å². The molecule has 0 saturated heterocycles. The molecule has 3 aromatic carbocycles. The fourth-order valence-corrected chi connectivity index (χ4v) is 3.22. The van der Waals surface area contributed by atoms with Gasteiger partial charge in [-0.1, -0.05) is 72.8 Å². The van der Waals surface area contributed by atoms with Gasteiger partial charge in [-0.3, -0.25) is 0 Å². The Morgan fingerprint density at radius 3 is 2.04 bits per heavy atom. The van der Waals surface area contributed by atoms with E-state index in [1.54, 1.807) is 0 Å². The van der Waals surface area contributed by atoms with E-state index in [2.05, 4.69) is 100 Å². The van der Waals surface area contributed by atoms with Gasteiger partial charge in [-0.05, 0) is 23.3 Å². The molecule has 0 aliphatic heterocycles. The normalized spacial score (nSPS) is 11.0. The molecule has 0 atom stereocenters. The van der Waals surface area contributed by atoms with E-state index in [-0.39, 0.29) is 0 Å². The average molecular weight is 313 g/mol. The molecule has 0 aliphatic carbocycles. The van der Waals surface area contributed by atoms with E-state index in [1.807, 2.05) is 0 Å². The van der Waals surface area contributed by atoms with Crippen molar-refractivity contribution in [3.05, 3.63) is 102 Å². The van der Waals surface area contributed by atoms with Crippen molar-refractivity contribution in [1.82, 2.24) is 4.57 Å². The SMILES string of the molecule is c1ccc(CCn2c[n+](Cc3ccccc3)c3ccccc32)cc1. The van der Waals surface area contributed by atoms with Crippen LogP contribution in [0.2, 0.25) is 0 Å². The Hall–Kier alpha value is -2.87. The third-order valence-electron chi connectivity index (χ3n) is 4.46. The lowest BCUT2D eigenvalue weighted by atomic mass is 10.1. The van der Waals surface area contributed by atoms with Gasteiger partial charge >= 0.3 is 0 Å². The van der Waals surface area contributed by atoms with Crippen LogP contribution >= 0.6 is 0 Å². The molecule has 0 unspecified atom stereocenters. The van der Waals surface area contributed by atoms with Crippen molar-refractivity contribution in [3.63, 3.8) is 0 Å². The molecule has 0 N–H and O–H groups in total. The summed E-state index contributed by atoms with van der Waals surface area (Å²) in [5.41, 5.74) is 5.29. The molecule has 1 aromatic heterocycles. The lowest BCUT2D eigenvalue weighted by Crippen LogP contribution is -2.32. The van der Waals surface area contributed by atoms with Gasteiger partial charge in [0, 0.05) is 6.42 Å². The Morgan fingerprint density at radius 2 is 1.29 bits per heavy atom. The Balaban J connectivity index is 1.64. The van der Waals surface area contributed by atoms with Crippen LogP contribution in [-0.2, 0) is 19.5 Å².